The first-order valence-electron chi connectivity index (χ1n) is 7.76. The lowest BCUT2D eigenvalue weighted by Gasteiger charge is -2.23. The van der Waals surface area contributed by atoms with Crippen LogP contribution in [0, 0.1) is 0 Å². The Morgan fingerprint density at radius 2 is 1.74 bits per heavy atom. The second-order valence-corrected chi connectivity index (χ2v) is 6.46. The molecular weight excluding hydrogens is 288 g/mol. The van der Waals surface area contributed by atoms with Crippen molar-refractivity contribution in [3.63, 3.8) is 0 Å². The van der Waals surface area contributed by atoms with E-state index < -0.39 is 0 Å². The van der Waals surface area contributed by atoms with Gasteiger partial charge in [-0.2, -0.15) is 0 Å². The molecule has 0 heterocycles. The number of amides is 1. The normalized spacial score (nSPS) is 11.1. The predicted molar refractivity (Wildman–Crippen MR) is 94.6 cm³/mol. The van der Waals surface area contributed by atoms with Gasteiger partial charge in [0, 0.05) is 12.1 Å². The summed E-state index contributed by atoms with van der Waals surface area (Å²) in [6.45, 7) is 5.93. The van der Waals surface area contributed by atoms with Crippen LogP contribution in [0.1, 0.15) is 32.8 Å². The number of nitrogens with one attached hydrogen (secondary N) is 1. The number of carbonyl (C=O) groups is 1. The van der Waals surface area contributed by atoms with Gasteiger partial charge in [0.05, 0.1) is 5.69 Å². The number of para-hydroxylation sites is 3. The van der Waals surface area contributed by atoms with E-state index in [-0.39, 0.29) is 11.5 Å². The summed E-state index contributed by atoms with van der Waals surface area (Å²) in [7, 11) is 0. The maximum absolute atomic E-state index is 12.2. The number of aryl methyl sites for hydroxylation is 1. The highest BCUT2D eigenvalue weighted by atomic mass is 16.5. The maximum atomic E-state index is 12.2. The van der Waals surface area contributed by atoms with E-state index in [0.717, 1.165) is 11.3 Å². The molecule has 0 spiro atoms. The zero-order chi connectivity index (χ0) is 16.9. The Kier molecular flexibility index (Phi) is 5.27. The smallest absolute Gasteiger partial charge is 0.224 e. The van der Waals surface area contributed by atoms with Crippen molar-refractivity contribution in [3.8, 4) is 5.75 Å². The Labute approximate surface area is 137 Å². The van der Waals surface area contributed by atoms with Crippen molar-refractivity contribution in [3.05, 3.63) is 54.1 Å². The monoisotopic (exact) mass is 312 g/mol. The number of hydrogen-bond donors (Lipinski definition) is 2. The summed E-state index contributed by atoms with van der Waals surface area (Å²) in [4.78, 5) is 12.2. The summed E-state index contributed by atoms with van der Waals surface area (Å²) < 4.78 is 5.88. The van der Waals surface area contributed by atoms with Gasteiger partial charge in [-0.25, -0.2) is 0 Å². The molecule has 2 rings (SSSR count). The predicted octanol–water partition coefficient (Wildman–Crippen LogP) is 4.02. The molecule has 0 saturated heterocycles. The van der Waals surface area contributed by atoms with Crippen LogP contribution in [0.5, 0.6) is 5.75 Å². The summed E-state index contributed by atoms with van der Waals surface area (Å²) in [5.41, 5.74) is 7.98. The molecule has 0 fully saturated rings. The minimum absolute atomic E-state index is 0.0572. The van der Waals surface area contributed by atoms with Crippen LogP contribution in [-0.4, -0.2) is 11.5 Å². The molecule has 122 valence electrons. The van der Waals surface area contributed by atoms with Gasteiger partial charge in [0.15, 0.2) is 0 Å². The molecule has 0 aliphatic heterocycles. The Morgan fingerprint density at radius 3 is 2.43 bits per heavy atom. The minimum Gasteiger partial charge on any atom is -0.486 e. The third kappa shape index (κ3) is 5.33. The molecule has 4 heteroatoms. The van der Waals surface area contributed by atoms with Crippen LogP contribution in [0.25, 0.3) is 0 Å². The average molecular weight is 312 g/mol. The molecule has 1 amide bonds. The molecule has 0 bridgehead atoms. The number of rotatable bonds is 5. The summed E-state index contributed by atoms with van der Waals surface area (Å²) in [6, 6.07) is 15.1. The van der Waals surface area contributed by atoms with Gasteiger partial charge in [-0.05, 0) is 51.0 Å². The molecule has 0 aromatic heterocycles. The highest BCUT2D eigenvalue weighted by Gasteiger charge is 2.15. The van der Waals surface area contributed by atoms with Gasteiger partial charge in [-0.1, -0.05) is 30.3 Å². The van der Waals surface area contributed by atoms with E-state index in [1.807, 2.05) is 69.3 Å². The Morgan fingerprint density at radius 1 is 1.09 bits per heavy atom. The van der Waals surface area contributed by atoms with Crippen molar-refractivity contribution >= 4 is 17.3 Å². The van der Waals surface area contributed by atoms with Crippen LogP contribution >= 0.6 is 0 Å². The summed E-state index contributed by atoms with van der Waals surface area (Å²) >= 11 is 0. The largest absolute Gasteiger partial charge is 0.486 e. The second kappa shape index (κ2) is 7.18. The third-order valence-corrected chi connectivity index (χ3v) is 3.25. The SMILES string of the molecule is CC(C)(C)Oc1ccccc1NC(=O)CCc1ccccc1N. The van der Waals surface area contributed by atoms with Crippen molar-refractivity contribution < 1.29 is 9.53 Å². The molecule has 2 aromatic rings. The van der Waals surface area contributed by atoms with E-state index in [1.165, 1.54) is 0 Å². The fraction of sp³-hybridized carbons (Fsp3) is 0.316. The van der Waals surface area contributed by atoms with Crippen LogP contribution < -0.4 is 15.8 Å². The Balaban J connectivity index is 1.99. The summed E-state index contributed by atoms with van der Waals surface area (Å²) in [6.07, 6.45) is 0.985. The fourth-order valence-corrected chi connectivity index (χ4v) is 2.21. The van der Waals surface area contributed by atoms with E-state index in [9.17, 15) is 4.79 Å². The maximum Gasteiger partial charge on any atom is 0.224 e. The molecule has 2 aromatic carbocycles. The molecule has 23 heavy (non-hydrogen) atoms. The first kappa shape index (κ1) is 16.9. The molecule has 0 atom stereocenters. The van der Waals surface area contributed by atoms with E-state index >= 15 is 0 Å². The van der Waals surface area contributed by atoms with E-state index in [4.69, 9.17) is 10.5 Å². The summed E-state index contributed by atoms with van der Waals surface area (Å²) in [5, 5.41) is 2.92. The van der Waals surface area contributed by atoms with Gasteiger partial charge in [0.2, 0.25) is 5.91 Å². The lowest BCUT2D eigenvalue weighted by atomic mass is 10.1. The van der Waals surface area contributed by atoms with Crippen LogP contribution in [0.4, 0.5) is 11.4 Å². The Bertz CT molecular complexity index is 675. The topological polar surface area (TPSA) is 64.3 Å². The van der Waals surface area contributed by atoms with Crippen LogP contribution in [-0.2, 0) is 11.2 Å². The van der Waals surface area contributed by atoms with Crippen molar-refractivity contribution in [2.45, 2.75) is 39.2 Å². The number of benzene rings is 2. The van der Waals surface area contributed by atoms with E-state index in [2.05, 4.69) is 5.32 Å². The van der Waals surface area contributed by atoms with Crippen LogP contribution in [0.15, 0.2) is 48.5 Å². The zero-order valence-electron chi connectivity index (χ0n) is 13.9. The van der Waals surface area contributed by atoms with Crippen molar-refractivity contribution in [1.29, 1.82) is 0 Å². The molecule has 0 unspecified atom stereocenters. The van der Waals surface area contributed by atoms with Gasteiger partial charge < -0.3 is 15.8 Å². The number of nitrogens with two attached hydrogens (primary N) is 1. The fourth-order valence-electron chi connectivity index (χ4n) is 2.21. The van der Waals surface area contributed by atoms with Gasteiger partial charge >= 0.3 is 0 Å². The van der Waals surface area contributed by atoms with Crippen molar-refractivity contribution in [2.24, 2.45) is 0 Å². The van der Waals surface area contributed by atoms with E-state index in [1.54, 1.807) is 0 Å². The minimum atomic E-state index is -0.320. The molecule has 0 aliphatic rings. The van der Waals surface area contributed by atoms with Gasteiger partial charge in [-0.15, -0.1) is 0 Å². The lowest BCUT2D eigenvalue weighted by Crippen LogP contribution is -2.24. The quantitative estimate of drug-likeness (QED) is 0.820. The zero-order valence-corrected chi connectivity index (χ0v) is 13.9. The molecular formula is C19H24N2O2. The number of ether oxygens (including phenoxy) is 1. The number of anilines is 2. The third-order valence-electron chi connectivity index (χ3n) is 3.25. The van der Waals surface area contributed by atoms with Gasteiger partial charge in [0.1, 0.15) is 11.4 Å². The summed E-state index contributed by atoms with van der Waals surface area (Å²) in [5.74, 6) is 0.616. The second-order valence-electron chi connectivity index (χ2n) is 6.46. The highest BCUT2D eigenvalue weighted by molar-refractivity contribution is 5.92. The van der Waals surface area contributed by atoms with Gasteiger partial charge in [-0.3, -0.25) is 4.79 Å². The molecule has 0 radical (unpaired) electrons. The molecule has 0 saturated carbocycles. The highest BCUT2D eigenvalue weighted by Crippen LogP contribution is 2.27. The Hall–Kier alpha value is -2.49. The van der Waals surface area contributed by atoms with Crippen molar-refractivity contribution in [2.75, 3.05) is 11.1 Å². The van der Waals surface area contributed by atoms with Crippen LogP contribution in [0.2, 0.25) is 0 Å². The first-order chi connectivity index (χ1) is 10.8. The standard InChI is InChI=1S/C19H24N2O2/c1-19(2,3)23-17-11-7-6-10-16(17)21-18(22)13-12-14-8-4-5-9-15(14)20/h4-11H,12-13,20H2,1-3H3,(H,21,22). The van der Waals surface area contributed by atoms with E-state index in [0.29, 0.717) is 24.3 Å². The van der Waals surface area contributed by atoms with Gasteiger partial charge in [0.25, 0.3) is 0 Å². The molecule has 3 N–H and O–H groups in total. The van der Waals surface area contributed by atoms with Crippen LogP contribution in [0.3, 0.4) is 0 Å². The molecule has 0 aliphatic carbocycles. The number of carbonyl (C=O) groups excluding carboxylic acids is 1. The molecule has 4 nitrogen and oxygen atoms in total. The number of nitrogen functional groups attached to an aromatic ring is 1. The average Bonchev–Trinajstić information content (AvgIpc) is 2.47. The number of hydrogen-bond acceptors (Lipinski definition) is 3. The lowest BCUT2D eigenvalue weighted by molar-refractivity contribution is -0.116. The first-order valence-corrected chi connectivity index (χ1v) is 7.76. The van der Waals surface area contributed by atoms with Crippen molar-refractivity contribution in [1.82, 2.24) is 0 Å².